The number of fused-ring (bicyclic) bond motifs is 2. The van der Waals surface area contributed by atoms with E-state index in [1.807, 2.05) is 24.3 Å². The van der Waals surface area contributed by atoms with Crippen LogP contribution in [0.2, 0.25) is 0 Å². The molecule has 0 atom stereocenters. The van der Waals surface area contributed by atoms with Crippen molar-refractivity contribution in [2.45, 2.75) is 78.1 Å². The predicted octanol–water partition coefficient (Wildman–Crippen LogP) is 7.99. The van der Waals surface area contributed by atoms with Gasteiger partial charge in [0.15, 0.2) is 11.6 Å². The Morgan fingerprint density at radius 2 is 1.18 bits per heavy atom. The molecule has 1 aliphatic rings. The number of ketones is 2. The number of benzene rings is 2. The largest absolute Gasteiger partial charge is 0.358 e. The van der Waals surface area contributed by atoms with Gasteiger partial charge in [0.2, 0.25) is 0 Å². The van der Waals surface area contributed by atoms with Gasteiger partial charge >= 0.3 is 0 Å². The first-order valence-corrected chi connectivity index (χ1v) is 14.3. The fourth-order valence-electron chi connectivity index (χ4n) is 6.39. The minimum absolute atomic E-state index is 0.00132. The molecular weight excluding hydrogens is 468 g/mol. The van der Waals surface area contributed by atoms with Crippen molar-refractivity contribution in [2.24, 2.45) is 11.8 Å². The van der Waals surface area contributed by atoms with Crippen molar-refractivity contribution >= 4 is 33.4 Å². The molecule has 0 unspecified atom stereocenters. The summed E-state index contributed by atoms with van der Waals surface area (Å²) in [6.45, 7) is 8.99. The molecule has 2 aromatic heterocycles. The lowest BCUT2D eigenvalue weighted by Crippen LogP contribution is -2.42. The second-order valence-corrected chi connectivity index (χ2v) is 11.9. The molecular formula is C34H40N2O2. The standard InChI is InChI=1S/C34H40N2O2/c1-22(2)11-9-17-29-32(25-13-5-7-15-27(25)35-29)34(21-24(37)19-20-31(34)38)33-26-14-6-8-16-28(26)36-30(33)18-10-12-23(3)4/h5-8,13-16,19-20,22-23,35-36H,9-12,17-18,21H2,1-4H3. The van der Waals surface area contributed by atoms with Gasteiger partial charge in [0.05, 0.1) is 5.41 Å². The summed E-state index contributed by atoms with van der Waals surface area (Å²) in [5.74, 6) is 1.22. The third-order valence-electron chi connectivity index (χ3n) is 8.12. The first-order chi connectivity index (χ1) is 18.3. The maximum Gasteiger partial charge on any atom is 0.171 e. The van der Waals surface area contributed by atoms with Gasteiger partial charge in [-0.05, 0) is 72.9 Å². The molecule has 5 rings (SSSR count). The lowest BCUT2D eigenvalue weighted by molar-refractivity contribution is -0.125. The lowest BCUT2D eigenvalue weighted by Gasteiger charge is -2.35. The summed E-state index contributed by atoms with van der Waals surface area (Å²) in [7, 11) is 0. The number of aromatic nitrogens is 2. The third-order valence-corrected chi connectivity index (χ3v) is 8.12. The zero-order valence-corrected chi connectivity index (χ0v) is 23.2. The average Bonchev–Trinajstić information content (AvgIpc) is 3.44. The van der Waals surface area contributed by atoms with Crippen LogP contribution in [0.3, 0.4) is 0 Å². The molecule has 4 heteroatoms. The molecule has 4 aromatic rings. The quantitative estimate of drug-likeness (QED) is 0.228. The second kappa shape index (κ2) is 10.8. The molecule has 4 nitrogen and oxygen atoms in total. The number of nitrogens with one attached hydrogen (secondary N) is 2. The Morgan fingerprint density at radius 1 is 0.711 bits per heavy atom. The second-order valence-electron chi connectivity index (χ2n) is 11.9. The Hall–Kier alpha value is -3.40. The number of H-pyrrole nitrogens is 2. The van der Waals surface area contributed by atoms with Gasteiger partial charge in [-0.25, -0.2) is 0 Å². The maximum atomic E-state index is 14.3. The summed E-state index contributed by atoms with van der Waals surface area (Å²) >= 11 is 0. The van der Waals surface area contributed by atoms with Gasteiger partial charge in [0.25, 0.3) is 0 Å². The molecule has 38 heavy (non-hydrogen) atoms. The van der Waals surface area contributed by atoms with E-state index in [1.54, 1.807) is 0 Å². The van der Waals surface area contributed by atoms with Crippen LogP contribution in [-0.4, -0.2) is 21.5 Å². The Morgan fingerprint density at radius 3 is 1.66 bits per heavy atom. The van der Waals surface area contributed by atoms with E-state index in [0.717, 1.165) is 82.8 Å². The SMILES string of the molecule is CC(C)CCCc1[nH]c2ccccc2c1C1(c2c(CCCC(C)C)[nH]c3ccccc23)CC(=O)C=CC1=O. The number of aryl methyl sites for hydroxylation is 2. The smallest absolute Gasteiger partial charge is 0.171 e. The van der Waals surface area contributed by atoms with Crippen LogP contribution < -0.4 is 0 Å². The lowest BCUT2D eigenvalue weighted by atomic mass is 9.63. The first-order valence-electron chi connectivity index (χ1n) is 14.3. The van der Waals surface area contributed by atoms with Crippen LogP contribution >= 0.6 is 0 Å². The number of carbonyl (C=O) groups is 2. The Balaban J connectivity index is 1.80. The topological polar surface area (TPSA) is 65.7 Å². The van der Waals surface area contributed by atoms with Crippen molar-refractivity contribution in [3.63, 3.8) is 0 Å². The highest BCUT2D eigenvalue weighted by Crippen LogP contribution is 2.48. The molecule has 0 bridgehead atoms. The van der Waals surface area contributed by atoms with Gasteiger partial charge in [-0.15, -0.1) is 0 Å². The van der Waals surface area contributed by atoms with E-state index in [2.05, 4.69) is 61.9 Å². The highest BCUT2D eigenvalue weighted by atomic mass is 16.1. The number of rotatable bonds is 10. The maximum absolute atomic E-state index is 14.3. The Labute approximate surface area is 225 Å². The molecule has 0 spiro atoms. The van der Waals surface area contributed by atoms with Gasteiger partial charge in [0.1, 0.15) is 0 Å². The molecule has 2 heterocycles. The average molecular weight is 509 g/mol. The molecule has 2 aromatic carbocycles. The van der Waals surface area contributed by atoms with Crippen molar-refractivity contribution in [3.05, 3.63) is 83.2 Å². The number of aromatic amines is 2. The van der Waals surface area contributed by atoms with Crippen LogP contribution in [0.4, 0.5) is 0 Å². The van der Waals surface area contributed by atoms with E-state index in [1.165, 1.54) is 12.2 Å². The minimum atomic E-state index is -1.06. The van der Waals surface area contributed by atoms with Crippen LogP contribution in [0.5, 0.6) is 0 Å². The molecule has 0 aliphatic heterocycles. The third kappa shape index (κ3) is 4.77. The first kappa shape index (κ1) is 26.2. The van der Waals surface area contributed by atoms with Crippen molar-refractivity contribution in [1.29, 1.82) is 0 Å². The zero-order valence-electron chi connectivity index (χ0n) is 23.2. The van der Waals surface area contributed by atoms with Gasteiger partial charge in [-0.3, -0.25) is 9.59 Å². The summed E-state index contributed by atoms with van der Waals surface area (Å²) in [5.41, 5.74) is 5.15. The van der Waals surface area contributed by atoms with Crippen molar-refractivity contribution in [3.8, 4) is 0 Å². The summed E-state index contributed by atoms with van der Waals surface area (Å²) in [6.07, 6.45) is 9.14. The molecule has 0 fully saturated rings. The van der Waals surface area contributed by atoms with Crippen molar-refractivity contribution in [1.82, 2.24) is 9.97 Å². The van der Waals surface area contributed by atoms with Gasteiger partial charge in [-0.2, -0.15) is 0 Å². The summed E-state index contributed by atoms with van der Waals surface area (Å²) < 4.78 is 0. The van der Waals surface area contributed by atoms with Crippen LogP contribution in [0.25, 0.3) is 21.8 Å². The summed E-state index contributed by atoms with van der Waals surface area (Å²) in [4.78, 5) is 35.0. The van der Waals surface area contributed by atoms with E-state index in [9.17, 15) is 9.59 Å². The van der Waals surface area contributed by atoms with E-state index < -0.39 is 5.41 Å². The molecule has 0 saturated carbocycles. The molecule has 1 aliphatic carbocycles. The molecule has 0 saturated heterocycles. The number of allylic oxidation sites excluding steroid dienone is 2. The molecule has 198 valence electrons. The van der Waals surface area contributed by atoms with Crippen molar-refractivity contribution in [2.75, 3.05) is 0 Å². The minimum Gasteiger partial charge on any atom is -0.358 e. The van der Waals surface area contributed by atoms with Gasteiger partial charge in [-0.1, -0.05) is 76.9 Å². The Bertz CT molecular complexity index is 1410. The van der Waals surface area contributed by atoms with E-state index in [4.69, 9.17) is 0 Å². The number of hydrogen-bond donors (Lipinski definition) is 2. The van der Waals surface area contributed by atoms with Crippen LogP contribution in [-0.2, 0) is 27.8 Å². The van der Waals surface area contributed by atoms with E-state index in [-0.39, 0.29) is 18.0 Å². The normalized spacial score (nSPS) is 15.5. The monoisotopic (exact) mass is 508 g/mol. The molecule has 2 N–H and O–H groups in total. The van der Waals surface area contributed by atoms with Gasteiger partial charge in [0, 0.05) is 39.6 Å². The number of para-hydroxylation sites is 2. The zero-order chi connectivity index (χ0) is 26.9. The fourth-order valence-corrected chi connectivity index (χ4v) is 6.39. The summed E-state index contributed by atoms with van der Waals surface area (Å²) in [6, 6.07) is 16.5. The highest BCUT2D eigenvalue weighted by molar-refractivity contribution is 6.16. The number of carbonyl (C=O) groups excluding carboxylic acids is 2. The molecule has 0 amide bonds. The fraction of sp³-hybridized carbons (Fsp3) is 0.412. The van der Waals surface area contributed by atoms with Crippen LogP contribution in [0.15, 0.2) is 60.7 Å². The highest BCUT2D eigenvalue weighted by Gasteiger charge is 2.49. The summed E-state index contributed by atoms with van der Waals surface area (Å²) in [5, 5.41) is 2.09. The van der Waals surface area contributed by atoms with E-state index in [0.29, 0.717) is 11.8 Å². The van der Waals surface area contributed by atoms with E-state index >= 15 is 0 Å². The number of hydrogen-bond acceptors (Lipinski definition) is 2. The van der Waals surface area contributed by atoms with Crippen molar-refractivity contribution < 1.29 is 9.59 Å². The Kier molecular flexibility index (Phi) is 7.43. The van der Waals surface area contributed by atoms with Gasteiger partial charge < -0.3 is 9.97 Å². The predicted molar refractivity (Wildman–Crippen MR) is 157 cm³/mol. The van der Waals surface area contributed by atoms with Crippen LogP contribution in [0, 0.1) is 11.8 Å². The molecule has 0 radical (unpaired) electrons. The van der Waals surface area contributed by atoms with Crippen LogP contribution in [0.1, 0.15) is 82.3 Å².